The van der Waals surface area contributed by atoms with Gasteiger partial charge in [0.25, 0.3) is 5.91 Å². The molecule has 1 aromatic rings. The van der Waals surface area contributed by atoms with Crippen molar-refractivity contribution in [3.63, 3.8) is 0 Å². The van der Waals surface area contributed by atoms with Crippen molar-refractivity contribution in [1.29, 1.82) is 0 Å². The van der Waals surface area contributed by atoms with E-state index < -0.39 is 0 Å². The maximum absolute atomic E-state index is 12.5. The highest BCUT2D eigenvalue weighted by atomic mass is 35.5. The molecule has 112 valence electrons. The summed E-state index contributed by atoms with van der Waals surface area (Å²) in [7, 11) is 0. The summed E-state index contributed by atoms with van der Waals surface area (Å²) in [6.45, 7) is 2.91. The van der Waals surface area contributed by atoms with Gasteiger partial charge in [-0.15, -0.1) is 0 Å². The van der Waals surface area contributed by atoms with Gasteiger partial charge in [-0.1, -0.05) is 30.4 Å². The summed E-state index contributed by atoms with van der Waals surface area (Å²) in [6, 6.07) is 5.65. The highest BCUT2D eigenvalue weighted by Crippen LogP contribution is 2.29. The number of hydrogen-bond donors (Lipinski definition) is 1. The van der Waals surface area contributed by atoms with Crippen LogP contribution in [0.25, 0.3) is 0 Å². The molecule has 1 N–H and O–H groups in total. The van der Waals surface area contributed by atoms with Crippen LogP contribution in [0.3, 0.4) is 0 Å². The van der Waals surface area contributed by atoms with Gasteiger partial charge >= 0.3 is 0 Å². The summed E-state index contributed by atoms with van der Waals surface area (Å²) in [4.78, 5) is 14.5. The molecule has 0 saturated heterocycles. The lowest BCUT2D eigenvalue weighted by Crippen LogP contribution is -2.33. The molecule has 1 aliphatic rings. The number of benzene rings is 1. The summed E-state index contributed by atoms with van der Waals surface area (Å²) in [6.07, 6.45) is 3.58. The number of aliphatic hydroxyl groups excluding tert-OH is 1. The second kappa shape index (κ2) is 7.49. The number of amides is 1. The number of rotatable bonds is 5. The van der Waals surface area contributed by atoms with Crippen molar-refractivity contribution in [2.24, 2.45) is 0 Å². The van der Waals surface area contributed by atoms with Gasteiger partial charge in [0.1, 0.15) is 0 Å². The van der Waals surface area contributed by atoms with Crippen molar-refractivity contribution in [3.05, 3.63) is 34.3 Å². The van der Waals surface area contributed by atoms with Gasteiger partial charge in [0.05, 0.1) is 11.6 Å². The van der Waals surface area contributed by atoms with Gasteiger partial charge in [0.15, 0.2) is 0 Å². The summed E-state index contributed by atoms with van der Waals surface area (Å²) in [5, 5.41) is 9.20. The molecule has 0 heterocycles. The van der Waals surface area contributed by atoms with E-state index in [4.69, 9.17) is 16.7 Å². The van der Waals surface area contributed by atoms with Gasteiger partial charge in [0, 0.05) is 30.1 Å². The van der Waals surface area contributed by atoms with Gasteiger partial charge < -0.3 is 10.0 Å². The standard InChI is InChI=1S/C17H20ClNO2/c1-2-10-19(15-8-9-15)17(21)14-7-6-13(16(18)12-14)5-3-4-11-20/h6-7,12,15,20H,2,4,8-11H2,1H3. The van der Waals surface area contributed by atoms with Crippen molar-refractivity contribution < 1.29 is 9.90 Å². The van der Waals surface area contributed by atoms with Gasteiger partial charge in [-0.05, 0) is 37.5 Å². The molecule has 1 fully saturated rings. The average Bonchev–Trinajstić information content (AvgIpc) is 3.30. The monoisotopic (exact) mass is 305 g/mol. The number of carbonyl (C=O) groups is 1. The zero-order valence-corrected chi connectivity index (χ0v) is 13.0. The Morgan fingerprint density at radius 2 is 2.24 bits per heavy atom. The van der Waals surface area contributed by atoms with Crippen molar-refractivity contribution >= 4 is 17.5 Å². The third kappa shape index (κ3) is 4.23. The fraction of sp³-hybridized carbons (Fsp3) is 0.471. The maximum Gasteiger partial charge on any atom is 0.254 e. The lowest BCUT2D eigenvalue weighted by Gasteiger charge is -2.22. The van der Waals surface area contributed by atoms with Crippen LogP contribution in [0.1, 0.15) is 48.5 Å². The molecular weight excluding hydrogens is 286 g/mol. The lowest BCUT2D eigenvalue weighted by molar-refractivity contribution is 0.0743. The molecule has 0 radical (unpaired) electrons. The summed E-state index contributed by atoms with van der Waals surface area (Å²) in [5.41, 5.74) is 1.31. The fourth-order valence-corrected chi connectivity index (χ4v) is 2.43. The predicted octanol–water partition coefficient (Wildman–Crippen LogP) is 3.09. The molecule has 0 aromatic heterocycles. The molecule has 0 atom stereocenters. The van der Waals surface area contributed by atoms with Crippen LogP contribution in [0.15, 0.2) is 18.2 Å². The number of hydrogen-bond acceptors (Lipinski definition) is 2. The molecule has 21 heavy (non-hydrogen) atoms. The topological polar surface area (TPSA) is 40.5 Å². The minimum Gasteiger partial charge on any atom is -0.395 e. The highest BCUT2D eigenvalue weighted by molar-refractivity contribution is 6.32. The third-order valence-electron chi connectivity index (χ3n) is 3.39. The van der Waals surface area contributed by atoms with Crippen LogP contribution in [-0.4, -0.2) is 35.1 Å². The summed E-state index contributed by atoms with van der Waals surface area (Å²) in [5.74, 6) is 5.79. The average molecular weight is 306 g/mol. The first-order valence-electron chi connectivity index (χ1n) is 7.37. The first-order valence-corrected chi connectivity index (χ1v) is 7.75. The first-order chi connectivity index (χ1) is 10.2. The SMILES string of the molecule is CCCN(C(=O)c1ccc(C#CCCO)c(Cl)c1)C1CC1. The molecule has 2 rings (SSSR count). The Morgan fingerprint density at radius 3 is 2.81 bits per heavy atom. The lowest BCUT2D eigenvalue weighted by atomic mass is 10.1. The third-order valence-corrected chi connectivity index (χ3v) is 3.70. The Bertz CT molecular complexity index is 570. The highest BCUT2D eigenvalue weighted by Gasteiger charge is 2.32. The number of nitrogens with zero attached hydrogens (tertiary/aromatic N) is 1. The Balaban J connectivity index is 2.15. The van der Waals surface area contributed by atoms with E-state index in [1.165, 1.54) is 0 Å². The van der Waals surface area contributed by atoms with E-state index in [1.54, 1.807) is 18.2 Å². The van der Waals surface area contributed by atoms with E-state index in [0.717, 1.165) is 25.8 Å². The van der Waals surface area contributed by atoms with Crippen LogP contribution < -0.4 is 0 Å². The Kier molecular flexibility index (Phi) is 5.67. The first kappa shape index (κ1) is 15.9. The van der Waals surface area contributed by atoms with Gasteiger partial charge in [-0.3, -0.25) is 4.79 Å². The number of aliphatic hydroxyl groups is 1. The van der Waals surface area contributed by atoms with Crippen LogP contribution in [0.2, 0.25) is 5.02 Å². The molecule has 4 heteroatoms. The quantitative estimate of drug-likeness (QED) is 0.849. The molecule has 0 aliphatic heterocycles. The normalized spacial score (nSPS) is 13.5. The predicted molar refractivity (Wildman–Crippen MR) is 84.4 cm³/mol. The maximum atomic E-state index is 12.5. The van der Waals surface area contributed by atoms with Gasteiger partial charge in [-0.2, -0.15) is 0 Å². The minimum atomic E-state index is 0.0363. The van der Waals surface area contributed by atoms with Crippen molar-refractivity contribution in [2.45, 2.75) is 38.6 Å². The Hall–Kier alpha value is -1.50. The molecule has 1 aliphatic carbocycles. The van der Waals surface area contributed by atoms with Crippen LogP contribution in [0.5, 0.6) is 0 Å². The van der Waals surface area contributed by atoms with E-state index >= 15 is 0 Å². The molecule has 1 amide bonds. The van der Waals surface area contributed by atoms with Crippen LogP contribution >= 0.6 is 11.6 Å². The molecule has 0 bridgehead atoms. The number of halogens is 1. The van der Waals surface area contributed by atoms with E-state index in [9.17, 15) is 4.79 Å². The van der Waals surface area contributed by atoms with Crippen LogP contribution in [0, 0.1) is 11.8 Å². The van der Waals surface area contributed by atoms with E-state index in [1.807, 2.05) is 4.90 Å². The molecule has 3 nitrogen and oxygen atoms in total. The van der Waals surface area contributed by atoms with Crippen molar-refractivity contribution in [3.8, 4) is 11.8 Å². The summed E-state index contributed by atoms with van der Waals surface area (Å²) < 4.78 is 0. The molecular formula is C17H20ClNO2. The molecule has 0 spiro atoms. The molecule has 1 saturated carbocycles. The fourth-order valence-electron chi connectivity index (χ4n) is 2.21. The zero-order valence-electron chi connectivity index (χ0n) is 12.2. The Morgan fingerprint density at radius 1 is 1.48 bits per heavy atom. The van der Waals surface area contributed by atoms with Crippen LogP contribution in [0.4, 0.5) is 0 Å². The zero-order chi connectivity index (χ0) is 15.2. The second-order valence-corrected chi connectivity index (χ2v) is 5.61. The Labute approximate surface area is 130 Å². The smallest absolute Gasteiger partial charge is 0.254 e. The second-order valence-electron chi connectivity index (χ2n) is 5.20. The molecule has 0 unspecified atom stereocenters. The van der Waals surface area contributed by atoms with Crippen molar-refractivity contribution in [2.75, 3.05) is 13.2 Å². The number of carbonyl (C=O) groups excluding carboxylic acids is 1. The van der Waals surface area contributed by atoms with Crippen LogP contribution in [-0.2, 0) is 0 Å². The largest absolute Gasteiger partial charge is 0.395 e. The summed E-state index contributed by atoms with van der Waals surface area (Å²) >= 11 is 6.19. The van der Waals surface area contributed by atoms with Gasteiger partial charge in [0.2, 0.25) is 0 Å². The van der Waals surface area contributed by atoms with E-state index in [2.05, 4.69) is 18.8 Å². The van der Waals surface area contributed by atoms with Gasteiger partial charge in [-0.25, -0.2) is 0 Å². The van der Waals surface area contributed by atoms with E-state index in [0.29, 0.717) is 28.6 Å². The molecule has 1 aromatic carbocycles. The van der Waals surface area contributed by atoms with E-state index in [-0.39, 0.29) is 12.5 Å². The minimum absolute atomic E-state index is 0.0363. The van der Waals surface area contributed by atoms with Crippen molar-refractivity contribution in [1.82, 2.24) is 4.90 Å².